The molecule has 17 heavy (non-hydrogen) atoms. The first-order valence-corrected chi connectivity index (χ1v) is 6.36. The molecule has 0 atom stereocenters. The smallest absolute Gasteiger partial charge is 0.159 e. The van der Waals surface area contributed by atoms with Crippen LogP contribution >= 0.6 is 11.6 Å². The van der Waals surface area contributed by atoms with Crippen LogP contribution in [0.2, 0.25) is 0 Å². The van der Waals surface area contributed by atoms with E-state index in [1.807, 2.05) is 6.08 Å². The van der Waals surface area contributed by atoms with E-state index in [0.29, 0.717) is 11.8 Å². The summed E-state index contributed by atoms with van der Waals surface area (Å²) in [4.78, 5) is 0. The molecule has 0 nitrogen and oxygen atoms in total. The standard InChI is InChI=1S/C14H15ClF2/c15-8-7-10-1-3-11(4-2-10)12-5-6-13(16)14(17)9-12/h5-11H,1-4H2/b8-7+/t10-,11-. The van der Waals surface area contributed by atoms with E-state index in [9.17, 15) is 8.78 Å². The second-order valence-electron chi connectivity index (χ2n) is 4.60. The van der Waals surface area contributed by atoms with E-state index in [0.717, 1.165) is 31.2 Å². The van der Waals surface area contributed by atoms with Gasteiger partial charge in [-0.3, -0.25) is 0 Å². The third-order valence-electron chi connectivity index (χ3n) is 3.53. The van der Waals surface area contributed by atoms with Crippen molar-refractivity contribution in [2.75, 3.05) is 0 Å². The van der Waals surface area contributed by atoms with Gasteiger partial charge in [-0.1, -0.05) is 23.7 Å². The largest absolute Gasteiger partial charge is 0.204 e. The summed E-state index contributed by atoms with van der Waals surface area (Å²) in [5.74, 6) is -0.628. The van der Waals surface area contributed by atoms with Gasteiger partial charge in [0.05, 0.1) is 0 Å². The van der Waals surface area contributed by atoms with Crippen molar-refractivity contribution in [3.8, 4) is 0 Å². The Bertz CT molecular complexity index is 407. The Kier molecular flexibility index (Phi) is 4.16. The van der Waals surface area contributed by atoms with E-state index < -0.39 is 11.6 Å². The summed E-state index contributed by atoms with van der Waals surface area (Å²) < 4.78 is 26.0. The van der Waals surface area contributed by atoms with Gasteiger partial charge in [0, 0.05) is 5.54 Å². The molecular formula is C14H15ClF2. The first-order chi connectivity index (χ1) is 8.20. The Labute approximate surface area is 105 Å². The van der Waals surface area contributed by atoms with Gasteiger partial charge >= 0.3 is 0 Å². The maximum Gasteiger partial charge on any atom is 0.159 e. The molecule has 0 aliphatic heterocycles. The van der Waals surface area contributed by atoms with Crippen LogP contribution in [0.25, 0.3) is 0 Å². The highest BCUT2D eigenvalue weighted by atomic mass is 35.5. The number of hydrogen-bond donors (Lipinski definition) is 0. The van der Waals surface area contributed by atoms with E-state index >= 15 is 0 Å². The van der Waals surface area contributed by atoms with E-state index in [4.69, 9.17) is 11.6 Å². The van der Waals surface area contributed by atoms with Crippen LogP contribution in [0.3, 0.4) is 0 Å². The highest BCUT2D eigenvalue weighted by molar-refractivity contribution is 6.25. The van der Waals surface area contributed by atoms with Crippen LogP contribution in [0, 0.1) is 17.6 Å². The fourth-order valence-corrected chi connectivity index (χ4v) is 2.72. The Morgan fingerprint density at radius 2 is 1.76 bits per heavy atom. The quantitative estimate of drug-likeness (QED) is 0.699. The van der Waals surface area contributed by atoms with Crippen molar-refractivity contribution < 1.29 is 8.78 Å². The van der Waals surface area contributed by atoms with Gasteiger partial charge in [0.1, 0.15) is 0 Å². The summed E-state index contributed by atoms with van der Waals surface area (Å²) >= 11 is 5.55. The zero-order valence-electron chi connectivity index (χ0n) is 9.50. The van der Waals surface area contributed by atoms with E-state index in [-0.39, 0.29) is 0 Å². The monoisotopic (exact) mass is 256 g/mol. The van der Waals surface area contributed by atoms with Gasteiger partial charge in [-0.25, -0.2) is 8.78 Å². The first-order valence-electron chi connectivity index (χ1n) is 5.92. The number of allylic oxidation sites excluding steroid dienone is 1. The zero-order chi connectivity index (χ0) is 12.3. The maximum absolute atomic E-state index is 13.1. The third-order valence-corrected chi connectivity index (χ3v) is 3.68. The molecule has 0 amide bonds. The fourth-order valence-electron chi connectivity index (χ4n) is 2.51. The van der Waals surface area contributed by atoms with Gasteiger partial charge < -0.3 is 0 Å². The number of benzene rings is 1. The molecule has 1 aromatic rings. The lowest BCUT2D eigenvalue weighted by atomic mass is 9.79. The van der Waals surface area contributed by atoms with Crippen molar-refractivity contribution in [3.05, 3.63) is 47.0 Å². The minimum Gasteiger partial charge on any atom is -0.204 e. The molecule has 1 aromatic carbocycles. The SMILES string of the molecule is Fc1ccc([C@H]2CC[C@H](/C=C/Cl)CC2)cc1F. The van der Waals surface area contributed by atoms with Crippen LogP contribution in [0.1, 0.15) is 37.2 Å². The molecule has 0 unspecified atom stereocenters. The van der Waals surface area contributed by atoms with E-state index in [1.165, 1.54) is 12.1 Å². The molecule has 1 aliphatic rings. The second kappa shape index (κ2) is 5.63. The lowest BCUT2D eigenvalue weighted by Crippen LogP contribution is -2.12. The van der Waals surface area contributed by atoms with Crippen molar-refractivity contribution in [1.82, 2.24) is 0 Å². The average Bonchev–Trinajstić information content (AvgIpc) is 2.34. The minimum absolute atomic E-state index is 0.352. The maximum atomic E-state index is 13.1. The molecule has 0 N–H and O–H groups in total. The zero-order valence-corrected chi connectivity index (χ0v) is 10.3. The molecule has 0 radical (unpaired) electrons. The highest BCUT2D eigenvalue weighted by Gasteiger charge is 2.21. The topological polar surface area (TPSA) is 0 Å². The van der Waals surface area contributed by atoms with Crippen molar-refractivity contribution in [2.24, 2.45) is 5.92 Å². The highest BCUT2D eigenvalue weighted by Crippen LogP contribution is 2.36. The molecule has 3 heteroatoms. The molecule has 92 valence electrons. The molecule has 0 bridgehead atoms. The molecule has 0 spiro atoms. The lowest BCUT2D eigenvalue weighted by molar-refractivity contribution is 0.374. The fraction of sp³-hybridized carbons (Fsp3) is 0.429. The predicted molar refractivity (Wildman–Crippen MR) is 66.1 cm³/mol. The summed E-state index contributed by atoms with van der Waals surface area (Å²) in [5, 5.41) is 0. The Balaban J connectivity index is 2.02. The predicted octanol–water partition coefficient (Wildman–Crippen LogP) is 4.99. The average molecular weight is 257 g/mol. The molecule has 0 heterocycles. The van der Waals surface area contributed by atoms with Gasteiger partial charge in [0.15, 0.2) is 11.6 Å². The third kappa shape index (κ3) is 3.06. The van der Waals surface area contributed by atoms with Crippen molar-refractivity contribution >= 4 is 11.6 Å². The van der Waals surface area contributed by atoms with Gasteiger partial charge in [0.2, 0.25) is 0 Å². The lowest BCUT2D eigenvalue weighted by Gasteiger charge is -2.27. The Hall–Kier alpha value is -0.890. The summed E-state index contributed by atoms with van der Waals surface area (Å²) in [6.45, 7) is 0. The van der Waals surface area contributed by atoms with E-state index in [2.05, 4.69) is 0 Å². The van der Waals surface area contributed by atoms with Crippen molar-refractivity contribution in [2.45, 2.75) is 31.6 Å². The molecular weight excluding hydrogens is 242 g/mol. The Morgan fingerprint density at radius 3 is 2.35 bits per heavy atom. The molecule has 0 aromatic heterocycles. The molecule has 1 saturated carbocycles. The van der Waals surface area contributed by atoms with Crippen LogP contribution in [0.5, 0.6) is 0 Å². The second-order valence-corrected chi connectivity index (χ2v) is 4.86. The van der Waals surface area contributed by atoms with Crippen LogP contribution < -0.4 is 0 Å². The van der Waals surface area contributed by atoms with Gasteiger partial charge in [-0.2, -0.15) is 0 Å². The molecule has 2 rings (SSSR count). The first kappa shape index (κ1) is 12.6. The van der Waals surface area contributed by atoms with Crippen LogP contribution in [0.15, 0.2) is 29.8 Å². The normalized spacial score (nSPS) is 25.4. The van der Waals surface area contributed by atoms with Gasteiger partial charge in [-0.05, 0) is 55.2 Å². The Morgan fingerprint density at radius 1 is 1.06 bits per heavy atom. The summed E-state index contributed by atoms with van der Waals surface area (Å²) in [5.41, 5.74) is 2.49. The molecule has 1 fully saturated rings. The van der Waals surface area contributed by atoms with Crippen molar-refractivity contribution in [3.63, 3.8) is 0 Å². The number of halogens is 3. The summed E-state index contributed by atoms with van der Waals surface area (Å²) in [6.07, 6.45) is 6.16. The number of hydrogen-bond acceptors (Lipinski definition) is 0. The van der Waals surface area contributed by atoms with Crippen LogP contribution in [-0.2, 0) is 0 Å². The molecule has 0 saturated heterocycles. The summed E-state index contributed by atoms with van der Waals surface area (Å²) in [6, 6.07) is 4.24. The van der Waals surface area contributed by atoms with Crippen molar-refractivity contribution in [1.29, 1.82) is 0 Å². The summed E-state index contributed by atoms with van der Waals surface area (Å²) in [7, 11) is 0. The minimum atomic E-state index is -0.771. The van der Waals surface area contributed by atoms with Gasteiger partial charge in [0.25, 0.3) is 0 Å². The van der Waals surface area contributed by atoms with E-state index in [1.54, 1.807) is 11.6 Å². The van der Waals surface area contributed by atoms with Gasteiger partial charge in [-0.15, -0.1) is 0 Å². The molecule has 1 aliphatic carbocycles. The van der Waals surface area contributed by atoms with Crippen LogP contribution in [-0.4, -0.2) is 0 Å². The van der Waals surface area contributed by atoms with Crippen LogP contribution in [0.4, 0.5) is 8.78 Å². The number of rotatable bonds is 2.